The molecule has 44 heavy (non-hydrogen) atoms. The van der Waals surface area contributed by atoms with Crippen LogP contribution in [0.15, 0.2) is 59.6 Å². The number of benzene rings is 2. The second-order valence-corrected chi connectivity index (χ2v) is 13.4. The van der Waals surface area contributed by atoms with E-state index in [4.69, 9.17) is 9.05 Å². The summed E-state index contributed by atoms with van der Waals surface area (Å²) in [4.78, 5) is 21.3. The zero-order valence-corrected chi connectivity index (χ0v) is 28.2. The summed E-state index contributed by atoms with van der Waals surface area (Å²) in [5.41, 5.74) is 7.12. The van der Waals surface area contributed by atoms with E-state index in [9.17, 15) is 9.36 Å². The fraction of sp³-hybridized carbons (Fsp3) is 0.486. The summed E-state index contributed by atoms with van der Waals surface area (Å²) in [5, 5.41) is 3.02. The molecule has 0 unspecified atom stereocenters. The molecule has 0 aromatic heterocycles. The summed E-state index contributed by atoms with van der Waals surface area (Å²) < 4.78 is 23.4. The van der Waals surface area contributed by atoms with Crippen LogP contribution in [-0.2, 0) is 24.8 Å². The molecule has 9 heteroatoms. The van der Waals surface area contributed by atoms with E-state index in [1.807, 2.05) is 46.3 Å². The number of aryl methyl sites for hydroxylation is 2. The monoisotopic (exact) mass is 622 g/mol. The van der Waals surface area contributed by atoms with Crippen LogP contribution in [0.4, 0.5) is 5.69 Å². The van der Waals surface area contributed by atoms with Gasteiger partial charge in [0, 0.05) is 51.0 Å². The molecular weight excluding hydrogens is 571 g/mol. The molecule has 0 saturated carbocycles. The number of nitrogens with zero attached hydrogens (tertiary/aromatic N) is 3. The quantitative estimate of drug-likeness (QED) is 0.0869. The number of nitrogens with one attached hydrogen (secondary N) is 1. The molecule has 1 aliphatic rings. The van der Waals surface area contributed by atoms with Gasteiger partial charge in [-0.05, 0) is 100 Å². The Kier molecular flexibility index (Phi) is 15.1. The van der Waals surface area contributed by atoms with Gasteiger partial charge in [0.25, 0.3) is 0 Å². The first kappa shape index (κ1) is 35.4. The number of amides is 1. The van der Waals surface area contributed by atoms with Gasteiger partial charge in [-0.2, -0.15) is 0 Å². The van der Waals surface area contributed by atoms with Crippen LogP contribution in [0.25, 0.3) is 11.6 Å². The third kappa shape index (κ3) is 11.8. The van der Waals surface area contributed by atoms with Gasteiger partial charge in [0.1, 0.15) is 0 Å². The Morgan fingerprint density at radius 2 is 1.91 bits per heavy atom. The summed E-state index contributed by atoms with van der Waals surface area (Å²) in [6.45, 7) is 10.3. The highest BCUT2D eigenvalue weighted by molar-refractivity contribution is 7.53. The Bertz CT molecular complexity index is 1330. The molecule has 1 heterocycles. The van der Waals surface area contributed by atoms with Crippen LogP contribution in [-0.4, -0.2) is 83.2 Å². The number of anilines is 1. The van der Waals surface area contributed by atoms with Gasteiger partial charge >= 0.3 is 7.60 Å². The third-order valence-corrected chi connectivity index (χ3v) is 9.62. The lowest BCUT2D eigenvalue weighted by atomic mass is 9.97. The molecule has 3 rings (SSSR count). The van der Waals surface area contributed by atoms with Gasteiger partial charge in [-0.3, -0.25) is 14.4 Å². The average Bonchev–Trinajstić information content (AvgIpc) is 2.99. The van der Waals surface area contributed by atoms with Gasteiger partial charge in [-0.25, -0.2) is 0 Å². The lowest BCUT2D eigenvalue weighted by Crippen LogP contribution is -2.36. The molecule has 1 amide bonds. The van der Waals surface area contributed by atoms with E-state index in [1.165, 1.54) is 16.8 Å². The zero-order valence-electron chi connectivity index (χ0n) is 27.3. The Labute approximate surface area is 264 Å². The standard InChI is InChI=1S/C35H51N4O4P/c1-6-42-44(41,43-7-2)27-11-21-36-22-19-31(33-14-9-8-12-29(33)3)17-15-30-16-18-34-32(28-30)13-10-24-39(34)25-20-35(40)37-23-26-38(4)5/h8-9,12,14-19,22,28H,6-7,10-11,13,20-21,23-27H2,1-5H3,(H,37,40)/b17-15?,31-19-,36-22?. The molecule has 8 nitrogen and oxygen atoms in total. The molecule has 240 valence electrons. The van der Waals surface area contributed by atoms with Crippen molar-refractivity contribution in [1.82, 2.24) is 10.2 Å². The summed E-state index contributed by atoms with van der Waals surface area (Å²) in [6.07, 6.45) is 11.8. The van der Waals surface area contributed by atoms with Crippen molar-refractivity contribution >= 4 is 37.1 Å². The zero-order chi connectivity index (χ0) is 31.8. The predicted octanol–water partition coefficient (Wildman–Crippen LogP) is 6.64. The van der Waals surface area contributed by atoms with E-state index in [1.54, 1.807) is 0 Å². The van der Waals surface area contributed by atoms with Gasteiger partial charge in [0.2, 0.25) is 5.91 Å². The molecule has 1 N–H and O–H groups in total. The van der Waals surface area contributed by atoms with Crippen LogP contribution in [0, 0.1) is 6.92 Å². The van der Waals surface area contributed by atoms with E-state index in [-0.39, 0.29) is 5.91 Å². The molecule has 0 bridgehead atoms. The Morgan fingerprint density at radius 3 is 2.64 bits per heavy atom. The third-order valence-electron chi connectivity index (χ3n) is 7.45. The average molecular weight is 623 g/mol. The molecular formula is C35H51N4O4P. The van der Waals surface area contributed by atoms with E-state index in [0.717, 1.165) is 49.2 Å². The van der Waals surface area contributed by atoms with Gasteiger partial charge in [-0.15, -0.1) is 0 Å². The molecule has 0 atom stereocenters. The van der Waals surface area contributed by atoms with Crippen molar-refractivity contribution in [1.29, 1.82) is 0 Å². The van der Waals surface area contributed by atoms with Crippen molar-refractivity contribution in [3.8, 4) is 0 Å². The first-order valence-electron chi connectivity index (χ1n) is 15.9. The van der Waals surface area contributed by atoms with E-state index >= 15 is 0 Å². The second kappa shape index (κ2) is 18.7. The molecule has 0 aliphatic carbocycles. The van der Waals surface area contributed by atoms with Crippen LogP contribution in [0.3, 0.4) is 0 Å². The smallest absolute Gasteiger partial charge is 0.330 e. The maximum atomic E-state index is 12.7. The lowest BCUT2D eigenvalue weighted by Gasteiger charge is -2.31. The largest absolute Gasteiger partial charge is 0.371 e. The van der Waals surface area contributed by atoms with E-state index in [0.29, 0.717) is 45.3 Å². The first-order valence-corrected chi connectivity index (χ1v) is 17.6. The number of allylic oxidation sites excluding steroid dienone is 3. The van der Waals surface area contributed by atoms with Crippen LogP contribution >= 0.6 is 7.60 Å². The lowest BCUT2D eigenvalue weighted by molar-refractivity contribution is -0.120. The number of carbonyl (C=O) groups is 1. The van der Waals surface area contributed by atoms with Crippen molar-refractivity contribution in [3.63, 3.8) is 0 Å². The van der Waals surface area contributed by atoms with Gasteiger partial charge in [0.05, 0.1) is 19.4 Å². The SMILES string of the molecule is CCOP(=O)(CCCN=C/C=C(/C=Cc1ccc2c(c1)CCCN2CCC(=O)NCCN(C)C)c1ccccc1C)OCC. The minimum atomic E-state index is -3.04. The number of hydrogen-bond acceptors (Lipinski definition) is 7. The fourth-order valence-corrected chi connectivity index (χ4v) is 6.86. The van der Waals surface area contributed by atoms with Gasteiger partial charge < -0.3 is 24.2 Å². The minimum Gasteiger partial charge on any atom is -0.371 e. The highest BCUT2D eigenvalue weighted by Crippen LogP contribution is 2.48. The van der Waals surface area contributed by atoms with Crippen molar-refractivity contribution in [3.05, 3.63) is 76.9 Å². The normalized spacial score (nSPS) is 14.1. The van der Waals surface area contributed by atoms with E-state index < -0.39 is 7.60 Å². The van der Waals surface area contributed by atoms with Crippen molar-refractivity contribution in [2.75, 3.05) is 71.1 Å². The number of rotatable bonds is 18. The number of fused-ring (bicyclic) bond motifs is 1. The maximum absolute atomic E-state index is 12.7. The molecule has 0 radical (unpaired) electrons. The van der Waals surface area contributed by atoms with Crippen LogP contribution < -0.4 is 10.2 Å². The molecule has 2 aromatic carbocycles. The van der Waals surface area contributed by atoms with Crippen LogP contribution in [0.5, 0.6) is 0 Å². The number of hydrogen-bond donors (Lipinski definition) is 1. The Morgan fingerprint density at radius 1 is 1.14 bits per heavy atom. The van der Waals surface area contributed by atoms with Gasteiger partial charge in [-0.1, -0.05) is 42.5 Å². The van der Waals surface area contributed by atoms with Gasteiger partial charge in [0.15, 0.2) is 0 Å². The van der Waals surface area contributed by atoms with Crippen molar-refractivity contribution in [2.24, 2.45) is 4.99 Å². The molecule has 2 aromatic rings. The second-order valence-electron chi connectivity index (χ2n) is 11.2. The number of carbonyl (C=O) groups excluding carboxylic acids is 1. The van der Waals surface area contributed by atoms with Crippen LogP contribution in [0.1, 0.15) is 55.4 Å². The summed E-state index contributed by atoms with van der Waals surface area (Å²) >= 11 is 0. The maximum Gasteiger partial charge on any atom is 0.330 e. The van der Waals surface area contributed by atoms with Crippen LogP contribution in [0.2, 0.25) is 0 Å². The Hall–Kier alpha value is -3.03. The summed E-state index contributed by atoms with van der Waals surface area (Å²) in [6, 6.07) is 15.0. The highest BCUT2D eigenvalue weighted by Gasteiger charge is 2.22. The fourth-order valence-electron chi connectivity index (χ4n) is 5.22. The topological polar surface area (TPSA) is 83.5 Å². The van der Waals surface area contributed by atoms with Crippen molar-refractivity contribution in [2.45, 2.75) is 46.5 Å². The van der Waals surface area contributed by atoms with E-state index in [2.05, 4.69) is 75.6 Å². The predicted molar refractivity (Wildman–Crippen MR) is 185 cm³/mol. The number of likely N-dealkylation sites (N-methyl/N-ethyl adjacent to an activating group) is 1. The first-order chi connectivity index (χ1) is 21.2. The summed E-state index contributed by atoms with van der Waals surface area (Å²) in [5.74, 6) is 0.105. The minimum absolute atomic E-state index is 0.105. The number of aliphatic imine (C=N–C) groups is 1. The van der Waals surface area contributed by atoms with Crippen molar-refractivity contribution < 1.29 is 18.4 Å². The molecule has 1 aliphatic heterocycles. The highest BCUT2D eigenvalue weighted by atomic mass is 31.2. The molecule has 0 saturated heterocycles. The molecule has 0 spiro atoms. The summed E-state index contributed by atoms with van der Waals surface area (Å²) in [7, 11) is 0.976. The molecule has 0 fully saturated rings. The Balaban J connectivity index is 1.67.